The molecular formula is C17H20BrN3. The van der Waals surface area contributed by atoms with Crippen LogP contribution in [0, 0.1) is 6.92 Å². The Kier molecular flexibility index (Phi) is 4.44. The third kappa shape index (κ3) is 3.56. The van der Waals surface area contributed by atoms with Crippen LogP contribution < -0.4 is 10.2 Å². The van der Waals surface area contributed by atoms with Crippen molar-refractivity contribution in [3.8, 4) is 0 Å². The molecule has 1 fully saturated rings. The average molecular weight is 346 g/mol. The summed E-state index contributed by atoms with van der Waals surface area (Å²) in [5.74, 6) is 0. The summed E-state index contributed by atoms with van der Waals surface area (Å²) in [5, 5.41) is 3.68. The van der Waals surface area contributed by atoms with Gasteiger partial charge in [0.15, 0.2) is 0 Å². The summed E-state index contributed by atoms with van der Waals surface area (Å²) in [6.07, 6.45) is 6.04. The van der Waals surface area contributed by atoms with Crippen LogP contribution in [0.1, 0.15) is 18.4 Å². The van der Waals surface area contributed by atoms with Crippen LogP contribution in [0.15, 0.2) is 47.2 Å². The van der Waals surface area contributed by atoms with Gasteiger partial charge in [0.25, 0.3) is 0 Å². The van der Waals surface area contributed by atoms with E-state index >= 15 is 0 Å². The van der Waals surface area contributed by atoms with E-state index in [-0.39, 0.29) is 0 Å². The molecule has 2 aromatic rings. The number of benzene rings is 1. The molecule has 21 heavy (non-hydrogen) atoms. The molecule has 4 heteroatoms. The van der Waals surface area contributed by atoms with Crippen LogP contribution in [0.3, 0.4) is 0 Å². The molecule has 0 aliphatic carbocycles. The molecule has 1 aromatic carbocycles. The van der Waals surface area contributed by atoms with Gasteiger partial charge in [-0.1, -0.05) is 6.07 Å². The van der Waals surface area contributed by atoms with Gasteiger partial charge in [-0.25, -0.2) is 0 Å². The fourth-order valence-electron chi connectivity index (χ4n) is 2.81. The Balaban J connectivity index is 1.60. The second kappa shape index (κ2) is 6.48. The van der Waals surface area contributed by atoms with Crippen molar-refractivity contribution in [2.75, 3.05) is 23.3 Å². The van der Waals surface area contributed by atoms with Crippen LogP contribution in [0.4, 0.5) is 11.4 Å². The Morgan fingerprint density at radius 3 is 2.57 bits per heavy atom. The Labute approximate surface area is 134 Å². The van der Waals surface area contributed by atoms with E-state index in [1.807, 2.05) is 12.4 Å². The minimum atomic E-state index is 0.543. The van der Waals surface area contributed by atoms with Crippen molar-refractivity contribution in [3.63, 3.8) is 0 Å². The molecule has 110 valence electrons. The zero-order valence-electron chi connectivity index (χ0n) is 12.2. The van der Waals surface area contributed by atoms with Gasteiger partial charge in [-0.15, -0.1) is 0 Å². The van der Waals surface area contributed by atoms with Crippen molar-refractivity contribution >= 4 is 27.3 Å². The zero-order chi connectivity index (χ0) is 14.7. The van der Waals surface area contributed by atoms with Gasteiger partial charge < -0.3 is 10.2 Å². The first-order valence-corrected chi connectivity index (χ1v) is 8.19. The maximum atomic E-state index is 4.08. The number of nitrogens with zero attached hydrogens (tertiary/aromatic N) is 2. The van der Waals surface area contributed by atoms with Gasteiger partial charge in [-0.05, 0) is 65.5 Å². The fourth-order valence-corrected chi connectivity index (χ4v) is 3.17. The molecule has 1 saturated heterocycles. The van der Waals surface area contributed by atoms with Crippen molar-refractivity contribution in [2.45, 2.75) is 25.8 Å². The first-order valence-electron chi connectivity index (χ1n) is 7.40. The summed E-state index contributed by atoms with van der Waals surface area (Å²) >= 11 is 3.63. The number of aryl methyl sites for hydroxylation is 1. The van der Waals surface area contributed by atoms with E-state index in [9.17, 15) is 0 Å². The predicted octanol–water partition coefficient (Wildman–Crippen LogP) is 4.23. The highest BCUT2D eigenvalue weighted by Crippen LogP contribution is 2.27. The highest BCUT2D eigenvalue weighted by Gasteiger charge is 2.19. The number of hydrogen-bond donors (Lipinski definition) is 1. The minimum Gasteiger partial charge on any atom is -0.381 e. The molecule has 3 rings (SSSR count). The Morgan fingerprint density at radius 2 is 1.86 bits per heavy atom. The van der Waals surface area contributed by atoms with Gasteiger partial charge >= 0.3 is 0 Å². The highest BCUT2D eigenvalue weighted by molar-refractivity contribution is 9.10. The van der Waals surface area contributed by atoms with E-state index in [0.717, 1.165) is 30.4 Å². The summed E-state index contributed by atoms with van der Waals surface area (Å²) in [7, 11) is 0. The van der Waals surface area contributed by atoms with Crippen LogP contribution in [0.2, 0.25) is 0 Å². The van der Waals surface area contributed by atoms with Crippen molar-refractivity contribution in [1.82, 2.24) is 4.98 Å². The Bertz CT molecular complexity index is 592. The number of rotatable bonds is 3. The molecule has 0 unspecified atom stereocenters. The molecule has 0 radical (unpaired) electrons. The molecule has 0 saturated carbocycles. The second-order valence-corrected chi connectivity index (χ2v) is 6.45. The van der Waals surface area contributed by atoms with E-state index < -0.39 is 0 Å². The number of pyridine rings is 1. The lowest BCUT2D eigenvalue weighted by atomic mass is 10.0. The van der Waals surface area contributed by atoms with E-state index in [1.54, 1.807) is 0 Å². The highest BCUT2D eigenvalue weighted by atomic mass is 79.9. The first kappa shape index (κ1) is 14.4. The standard InChI is InChI=1S/C17H20BrN3/c1-13-2-3-16(18)17(12-13)20-14-6-10-21(11-7-14)15-4-8-19-9-5-15/h2-5,8-9,12,14,20H,6-7,10-11H2,1H3. The van der Waals surface area contributed by atoms with E-state index in [1.165, 1.54) is 16.9 Å². The van der Waals surface area contributed by atoms with Crippen molar-refractivity contribution in [1.29, 1.82) is 0 Å². The second-order valence-electron chi connectivity index (χ2n) is 5.59. The van der Waals surface area contributed by atoms with Crippen molar-refractivity contribution in [2.24, 2.45) is 0 Å². The van der Waals surface area contributed by atoms with Crippen LogP contribution in [-0.4, -0.2) is 24.1 Å². The maximum Gasteiger partial charge on any atom is 0.0489 e. The zero-order valence-corrected chi connectivity index (χ0v) is 13.8. The SMILES string of the molecule is Cc1ccc(Br)c(NC2CCN(c3ccncc3)CC2)c1. The third-order valence-electron chi connectivity index (χ3n) is 4.00. The lowest BCUT2D eigenvalue weighted by molar-refractivity contribution is 0.526. The molecule has 0 atom stereocenters. The quantitative estimate of drug-likeness (QED) is 0.901. The van der Waals surface area contributed by atoms with Crippen molar-refractivity contribution in [3.05, 3.63) is 52.8 Å². The number of halogens is 1. The number of anilines is 2. The summed E-state index contributed by atoms with van der Waals surface area (Å²) < 4.78 is 1.14. The largest absolute Gasteiger partial charge is 0.381 e. The van der Waals surface area contributed by atoms with Crippen LogP contribution in [0.25, 0.3) is 0 Å². The van der Waals surface area contributed by atoms with Gasteiger partial charge in [-0.3, -0.25) is 4.98 Å². The molecule has 0 amide bonds. The van der Waals surface area contributed by atoms with E-state index in [2.05, 4.69) is 68.4 Å². The normalized spacial score (nSPS) is 16.0. The first-order chi connectivity index (χ1) is 10.2. The monoisotopic (exact) mass is 345 g/mol. The van der Waals surface area contributed by atoms with Crippen LogP contribution >= 0.6 is 15.9 Å². The molecule has 2 heterocycles. The molecule has 0 spiro atoms. The minimum absolute atomic E-state index is 0.543. The number of aromatic nitrogens is 1. The molecule has 3 nitrogen and oxygen atoms in total. The van der Waals surface area contributed by atoms with Gasteiger partial charge in [0.05, 0.1) is 0 Å². The fraction of sp³-hybridized carbons (Fsp3) is 0.353. The molecule has 0 bridgehead atoms. The average Bonchev–Trinajstić information content (AvgIpc) is 2.53. The summed E-state index contributed by atoms with van der Waals surface area (Å²) in [6, 6.07) is 11.2. The predicted molar refractivity (Wildman–Crippen MR) is 92.0 cm³/mol. The Hall–Kier alpha value is -1.55. The topological polar surface area (TPSA) is 28.2 Å². The van der Waals surface area contributed by atoms with Gasteiger partial charge in [0.1, 0.15) is 0 Å². The lowest BCUT2D eigenvalue weighted by Gasteiger charge is -2.34. The molecule has 1 aliphatic rings. The molecule has 1 aliphatic heterocycles. The Morgan fingerprint density at radius 1 is 1.14 bits per heavy atom. The number of piperidine rings is 1. The molecule has 1 aromatic heterocycles. The summed E-state index contributed by atoms with van der Waals surface area (Å²) in [4.78, 5) is 6.52. The lowest BCUT2D eigenvalue weighted by Crippen LogP contribution is -2.39. The maximum absolute atomic E-state index is 4.08. The smallest absolute Gasteiger partial charge is 0.0489 e. The summed E-state index contributed by atoms with van der Waals surface area (Å²) in [5.41, 5.74) is 3.77. The van der Waals surface area contributed by atoms with E-state index in [4.69, 9.17) is 0 Å². The number of nitrogens with one attached hydrogen (secondary N) is 1. The summed E-state index contributed by atoms with van der Waals surface area (Å²) in [6.45, 7) is 4.31. The molecule has 1 N–H and O–H groups in total. The van der Waals surface area contributed by atoms with Gasteiger partial charge in [0, 0.05) is 47.4 Å². The van der Waals surface area contributed by atoms with Crippen LogP contribution in [-0.2, 0) is 0 Å². The van der Waals surface area contributed by atoms with E-state index in [0.29, 0.717) is 6.04 Å². The molecular weight excluding hydrogens is 326 g/mol. The number of hydrogen-bond acceptors (Lipinski definition) is 3. The van der Waals surface area contributed by atoms with Gasteiger partial charge in [-0.2, -0.15) is 0 Å². The van der Waals surface area contributed by atoms with Crippen molar-refractivity contribution < 1.29 is 0 Å². The van der Waals surface area contributed by atoms with Gasteiger partial charge in [0.2, 0.25) is 0 Å². The van der Waals surface area contributed by atoms with Crippen LogP contribution in [0.5, 0.6) is 0 Å². The third-order valence-corrected chi connectivity index (χ3v) is 4.70.